The van der Waals surface area contributed by atoms with Gasteiger partial charge in [0, 0.05) is 0 Å². The zero-order valence-corrected chi connectivity index (χ0v) is 12.4. The third kappa shape index (κ3) is 2.07. The van der Waals surface area contributed by atoms with E-state index in [0.29, 0.717) is 0 Å². The molecule has 0 aliphatic heterocycles. The molecule has 8 atom stereocenters. The number of aliphatic hydroxyl groups is 1. The highest BCUT2D eigenvalue weighted by molar-refractivity contribution is 5.00. The molecule has 0 bridgehead atoms. The van der Waals surface area contributed by atoms with Gasteiger partial charge in [-0.15, -0.1) is 0 Å². The average Bonchev–Trinajstić information content (AvgIpc) is 2.78. The van der Waals surface area contributed by atoms with E-state index in [9.17, 15) is 5.11 Å². The molecule has 4 aliphatic carbocycles. The van der Waals surface area contributed by atoms with Crippen molar-refractivity contribution in [1.29, 1.82) is 0 Å². The van der Waals surface area contributed by atoms with Gasteiger partial charge in [0.2, 0.25) is 0 Å². The van der Waals surface area contributed by atoms with E-state index in [-0.39, 0.29) is 6.10 Å². The van der Waals surface area contributed by atoms with Crippen LogP contribution in [0.2, 0.25) is 0 Å². The molecule has 0 spiro atoms. The van der Waals surface area contributed by atoms with Crippen LogP contribution in [-0.4, -0.2) is 11.2 Å². The van der Waals surface area contributed by atoms with Gasteiger partial charge in [0.05, 0.1) is 6.10 Å². The van der Waals surface area contributed by atoms with Crippen LogP contribution in [0, 0.1) is 41.4 Å². The molecule has 0 aromatic heterocycles. The van der Waals surface area contributed by atoms with Crippen molar-refractivity contribution in [2.75, 3.05) is 0 Å². The molecule has 19 heavy (non-hydrogen) atoms. The van der Waals surface area contributed by atoms with Crippen LogP contribution in [0.15, 0.2) is 0 Å². The van der Waals surface area contributed by atoms with Crippen molar-refractivity contribution in [2.45, 2.75) is 70.8 Å². The Labute approximate surface area is 118 Å². The Morgan fingerprint density at radius 3 is 2.05 bits per heavy atom. The lowest BCUT2D eigenvalue weighted by atomic mass is 9.53. The maximum absolute atomic E-state index is 9.93. The molecular weight excluding hydrogens is 232 g/mol. The maximum Gasteiger partial charge on any atom is 0.0543 e. The van der Waals surface area contributed by atoms with E-state index in [1.54, 1.807) is 0 Å². The topological polar surface area (TPSA) is 20.2 Å². The molecule has 7 unspecified atom stereocenters. The van der Waals surface area contributed by atoms with Crippen molar-refractivity contribution >= 4 is 0 Å². The molecule has 0 heterocycles. The smallest absolute Gasteiger partial charge is 0.0543 e. The van der Waals surface area contributed by atoms with Crippen molar-refractivity contribution in [3.05, 3.63) is 0 Å². The molecule has 4 rings (SSSR count). The molecule has 1 nitrogen and oxygen atoms in total. The van der Waals surface area contributed by atoms with E-state index in [1.807, 2.05) is 0 Å². The summed E-state index contributed by atoms with van der Waals surface area (Å²) >= 11 is 0. The first-order chi connectivity index (χ1) is 9.22. The van der Waals surface area contributed by atoms with Gasteiger partial charge in [0.1, 0.15) is 0 Å². The summed E-state index contributed by atoms with van der Waals surface area (Å²) in [4.78, 5) is 0. The summed E-state index contributed by atoms with van der Waals surface area (Å²) in [6.45, 7) is 2.48. The maximum atomic E-state index is 9.93. The first kappa shape index (κ1) is 12.7. The zero-order chi connectivity index (χ0) is 13.0. The van der Waals surface area contributed by atoms with E-state index in [0.717, 1.165) is 54.3 Å². The average molecular weight is 262 g/mol. The van der Waals surface area contributed by atoms with Gasteiger partial charge in [-0.1, -0.05) is 6.92 Å². The Balaban J connectivity index is 1.53. The van der Waals surface area contributed by atoms with Gasteiger partial charge in [-0.2, -0.15) is 0 Å². The van der Waals surface area contributed by atoms with Gasteiger partial charge < -0.3 is 5.11 Å². The first-order valence-electron chi connectivity index (χ1n) is 8.90. The van der Waals surface area contributed by atoms with Crippen LogP contribution in [0.25, 0.3) is 0 Å². The molecule has 0 amide bonds. The van der Waals surface area contributed by atoms with Crippen LogP contribution in [0.4, 0.5) is 0 Å². The van der Waals surface area contributed by atoms with Gasteiger partial charge in [-0.25, -0.2) is 0 Å². The van der Waals surface area contributed by atoms with Crippen molar-refractivity contribution in [2.24, 2.45) is 41.4 Å². The lowest BCUT2D eigenvalue weighted by Crippen LogP contribution is -2.45. The van der Waals surface area contributed by atoms with Gasteiger partial charge in [0.15, 0.2) is 0 Å². The number of rotatable bonds is 0. The highest BCUT2D eigenvalue weighted by Crippen LogP contribution is 2.58. The predicted octanol–water partition coefficient (Wildman–Crippen LogP) is 4.25. The van der Waals surface area contributed by atoms with Crippen molar-refractivity contribution < 1.29 is 5.11 Å². The Morgan fingerprint density at radius 2 is 1.26 bits per heavy atom. The second kappa shape index (κ2) is 4.76. The van der Waals surface area contributed by atoms with E-state index in [4.69, 9.17) is 0 Å². The summed E-state index contributed by atoms with van der Waals surface area (Å²) in [5, 5.41) is 9.93. The molecule has 4 saturated carbocycles. The second-order valence-corrected chi connectivity index (χ2v) is 8.37. The van der Waals surface area contributed by atoms with Crippen LogP contribution in [-0.2, 0) is 0 Å². The minimum atomic E-state index is 0.0284. The molecule has 1 N–H and O–H groups in total. The standard InChI is InChI=1S/C18H30O/c1-11-8-12-2-5-16-15-7-4-14(19)10-13(15)3-6-17(16)18(12)9-11/h11-19H,2-10H2,1H3/t11-,12?,13?,14?,15?,16?,17?,18?/m0/s1. The number of hydrogen-bond donors (Lipinski definition) is 1. The summed E-state index contributed by atoms with van der Waals surface area (Å²) in [5.41, 5.74) is 0. The number of aliphatic hydroxyl groups excluding tert-OH is 1. The van der Waals surface area contributed by atoms with Crippen LogP contribution >= 0.6 is 0 Å². The molecule has 4 fully saturated rings. The molecule has 0 aromatic carbocycles. The van der Waals surface area contributed by atoms with Crippen molar-refractivity contribution in [3.63, 3.8) is 0 Å². The monoisotopic (exact) mass is 262 g/mol. The molecule has 4 aliphatic rings. The number of hydrogen-bond acceptors (Lipinski definition) is 1. The fourth-order valence-electron chi connectivity index (χ4n) is 6.76. The Morgan fingerprint density at radius 1 is 0.632 bits per heavy atom. The van der Waals surface area contributed by atoms with Gasteiger partial charge in [-0.3, -0.25) is 0 Å². The fraction of sp³-hybridized carbons (Fsp3) is 1.00. The minimum Gasteiger partial charge on any atom is -0.393 e. The lowest BCUT2D eigenvalue weighted by Gasteiger charge is -2.52. The van der Waals surface area contributed by atoms with Gasteiger partial charge >= 0.3 is 0 Å². The highest BCUT2D eigenvalue weighted by Gasteiger charge is 2.50. The lowest BCUT2D eigenvalue weighted by molar-refractivity contribution is -0.0458. The molecule has 0 saturated heterocycles. The minimum absolute atomic E-state index is 0.0284. The normalized spacial score (nSPS) is 57.2. The zero-order valence-electron chi connectivity index (χ0n) is 12.4. The molecule has 0 radical (unpaired) electrons. The van der Waals surface area contributed by atoms with E-state index >= 15 is 0 Å². The predicted molar refractivity (Wildman–Crippen MR) is 77.7 cm³/mol. The Kier molecular flexibility index (Phi) is 3.17. The molecule has 108 valence electrons. The number of fused-ring (bicyclic) bond motifs is 5. The van der Waals surface area contributed by atoms with Crippen LogP contribution in [0.3, 0.4) is 0 Å². The second-order valence-electron chi connectivity index (χ2n) is 8.37. The van der Waals surface area contributed by atoms with E-state index in [1.165, 1.54) is 44.9 Å². The summed E-state index contributed by atoms with van der Waals surface area (Å²) in [6, 6.07) is 0. The summed E-state index contributed by atoms with van der Waals surface area (Å²) < 4.78 is 0. The Bertz CT molecular complexity index is 339. The van der Waals surface area contributed by atoms with Gasteiger partial charge in [-0.05, 0) is 99.2 Å². The van der Waals surface area contributed by atoms with Crippen LogP contribution in [0.1, 0.15) is 64.7 Å². The van der Waals surface area contributed by atoms with Crippen molar-refractivity contribution in [1.82, 2.24) is 0 Å². The summed E-state index contributed by atoms with van der Waals surface area (Å²) in [7, 11) is 0. The molecule has 1 heteroatoms. The molecule has 0 aromatic rings. The first-order valence-corrected chi connectivity index (χ1v) is 8.90. The van der Waals surface area contributed by atoms with Crippen LogP contribution < -0.4 is 0 Å². The van der Waals surface area contributed by atoms with E-state index in [2.05, 4.69) is 6.92 Å². The third-order valence-corrected chi connectivity index (χ3v) is 7.39. The Hall–Kier alpha value is -0.0400. The largest absolute Gasteiger partial charge is 0.393 e. The van der Waals surface area contributed by atoms with Crippen molar-refractivity contribution in [3.8, 4) is 0 Å². The summed E-state index contributed by atoms with van der Waals surface area (Å²) in [5.74, 6) is 7.14. The van der Waals surface area contributed by atoms with Crippen LogP contribution in [0.5, 0.6) is 0 Å². The fourth-order valence-corrected chi connectivity index (χ4v) is 6.76. The third-order valence-electron chi connectivity index (χ3n) is 7.39. The summed E-state index contributed by atoms with van der Waals surface area (Å²) in [6.07, 6.45) is 12.6. The highest BCUT2D eigenvalue weighted by atomic mass is 16.3. The molecular formula is C18H30O. The quantitative estimate of drug-likeness (QED) is 0.692. The van der Waals surface area contributed by atoms with Gasteiger partial charge in [0.25, 0.3) is 0 Å². The SMILES string of the molecule is C[C@H]1CC2CCC3C4CCC(O)CC4CCC3C2C1. The van der Waals surface area contributed by atoms with E-state index < -0.39 is 0 Å².